The van der Waals surface area contributed by atoms with Gasteiger partial charge in [-0.2, -0.15) is 28.2 Å². The highest BCUT2D eigenvalue weighted by atomic mass is 19.4. The van der Waals surface area contributed by atoms with Crippen LogP contribution in [0.25, 0.3) is 16.7 Å². The molecule has 0 unspecified atom stereocenters. The van der Waals surface area contributed by atoms with E-state index in [1.807, 2.05) is 4.90 Å². The van der Waals surface area contributed by atoms with E-state index in [9.17, 15) is 23.1 Å². The molecule has 3 aliphatic rings. The Hall–Kier alpha value is -3.61. The van der Waals surface area contributed by atoms with Crippen molar-refractivity contribution in [2.75, 3.05) is 36.4 Å². The number of hydrogen-bond acceptors (Lipinski definition) is 7. The number of aliphatic hydroxyl groups is 1. The second-order valence-electron chi connectivity index (χ2n) is 9.16. The molecule has 2 saturated heterocycles. The zero-order chi connectivity index (χ0) is 24.3. The summed E-state index contributed by atoms with van der Waals surface area (Å²) in [6, 6.07) is 4.92. The van der Waals surface area contributed by atoms with Crippen LogP contribution in [-0.2, 0) is 6.18 Å². The van der Waals surface area contributed by atoms with E-state index in [-0.39, 0.29) is 29.9 Å². The lowest BCUT2D eigenvalue weighted by Crippen LogP contribution is -2.60. The van der Waals surface area contributed by atoms with Crippen LogP contribution < -0.4 is 15.5 Å². The van der Waals surface area contributed by atoms with E-state index in [0.29, 0.717) is 61.8 Å². The summed E-state index contributed by atoms with van der Waals surface area (Å²) in [6.07, 6.45) is -2.16. The molecule has 1 aliphatic carbocycles. The Morgan fingerprint density at radius 3 is 2.66 bits per heavy atom. The third kappa shape index (κ3) is 3.89. The highest BCUT2D eigenvalue weighted by molar-refractivity contribution is 5.89. The van der Waals surface area contributed by atoms with Gasteiger partial charge < -0.3 is 25.5 Å². The van der Waals surface area contributed by atoms with Crippen molar-refractivity contribution in [1.29, 1.82) is 0 Å². The van der Waals surface area contributed by atoms with Crippen LogP contribution in [0.4, 0.5) is 29.7 Å². The number of aromatic nitrogens is 4. The minimum atomic E-state index is -4.48. The van der Waals surface area contributed by atoms with Crippen molar-refractivity contribution in [2.45, 2.75) is 37.2 Å². The van der Waals surface area contributed by atoms with Gasteiger partial charge in [0.2, 0.25) is 5.95 Å². The van der Waals surface area contributed by atoms with Crippen molar-refractivity contribution >= 4 is 28.8 Å². The van der Waals surface area contributed by atoms with Crippen molar-refractivity contribution in [3.8, 4) is 5.69 Å². The molecular formula is C22H23F3N8O2. The lowest BCUT2D eigenvalue weighted by molar-refractivity contribution is -0.137. The number of anilines is 2. The first-order valence-electron chi connectivity index (χ1n) is 11.4. The van der Waals surface area contributed by atoms with E-state index < -0.39 is 11.7 Å². The number of hydrogen-bond donors (Lipinski definition) is 3. The third-order valence-corrected chi connectivity index (χ3v) is 6.77. The maximum Gasteiger partial charge on any atom is 0.416 e. The number of nitrogens with zero attached hydrogens (tertiary/aromatic N) is 6. The van der Waals surface area contributed by atoms with Crippen LogP contribution in [0.2, 0.25) is 0 Å². The average molecular weight is 488 g/mol. The van der Waals surface area contributed by atoms with E-state index in [2.05, 4.69) is 25.7 Å². The topological polar surface area (TPSA) is 111 Å². The van der Waals surface area contributed by atoms with E-state index >= 15 is 0 Å². The van der Waals surface area contributed by atoms with Crippen LogP contribution >= 0.6 is 0 Å². The summed E-state index contributed by atoms with van der Waals surface area (Å²) in [6.45, 7) is 2.44. The lowest BCUT2D eigenvalue weighted by Gasteiger charge is -2.44. The molecule has 10 nitrogen and oxygen atoms in total. The highest BCUT2D eigenvalue weighted by Crippen LogP contribution is 2.34. The Balaban J connectivity index is 1.36. The van der Waals surface area contributed by atoms with E-state index in [4.69, 9.17) is 0 Å². The lowest BCUT2D eigenvalue weighted by atomic mass is 9.90. The van der Waals surface area contributed by atoms with Gasteiger partial charge in [-0.3, -0.25) is 0 Å². The number of halogens is 3. The van der Waals surface area contributed by atoms with Gasteiger partial charge in [0.25, 0.3) is 0 Å². The molecule has 3 N–H and O–H groups in total. The van der Waals surface area contributed by atoms with Gasteiger partial charge in [-0.05, 0) is 31.0 Å². The third-order valence-electron chi connectivity index (χ3n) is 6.77. The predicted octanol–water partition coefficient (Wildman–Crippen LogP) is 1.98. The number of aliphatic hydroxyl groups excluding tert-OH is 1. The second-order valence-corrected chi connectivity index (χ2v) is 9.16. The molecule has 184 valence electrons. The average Bonchev–Trinajstić information content (AvgIpc) is 3.38. The normalized spacial score (nSPS) is 22.8. The number of carbonyl (C=O) groups excluding carboxylic acids is 1. The van der Waals surface area contributed by atoms with Crippen LogP contribution in [0.5, 0.6) is 0 Å². The van der Waals surface area contributed by atoms with Gasteiger partial charge in [0.1, 0.15) is 5.82 Å². The molecule has 0 bridgehead atoms. The van der Waals surface area contributed by atoms with Crippen LogP contribution in [0.1, 0.15) is 18.4 Å². The standard InChI is InChI=1S/C22H23F3N8O2/c23-22(24,25)12-2-1-3-14(6-12)33-19-17(9-27-33)18(29-20(30-19)28-13-7-16(34)8-13)31-10-15(11-31)32-5-4-26-21(32)35/h1-3,6,9,13,15-16,34H,4-5,7-8,10-11H2,(H,26,35)(H,28,29,30). The van der Waals surface area contributed by atoms with E-state index in [1.54, 1.807) is 17.2 Å². The molecule has 3 aromatic rings. The molecule has 0 spiro atoms. The fourth-order valence-corrected chi connectivity index (χ4v) is 4.75. The van der Waals surface area contributed by atoms with Crippen molar-refractivity contribution < 1.29 is 23.1 Å². The molecule has 1 aromatic carbocycles. The zero-order valence-corrected chi connectivity index (χ0v) is 18.5. The summed E-state index contributed by atoms with van der Waals surface area (Å²) in [7, 11) is 0. The van der Waals surface area contributed by atoms with Gasteiger partial charge >= 0.3 is 12.2 Å². The number of fused-ring (bicyclic) bond motifs is 1. The molecule has 0 radical (unpaired) electrons. The second kappa shape index (κ2) is 7.97. The fraction of sp³-hybridized carbons (Fsp3) is 0.455. The van der Waals surface area contributed by atoms with Gasteiger partial charge in [0, 0.05) is 32.2 Å². The van der Waals surface area contributed by atoms with Crippen LogP contribution in [0, 0.1) is 0 Å². The molecule has 4 heterocycles. The van der Waals surface area contributed by atoms with Crippen molar-refractivity contribution in [3.05, 3.63) is 36.0 Å². The summed E-state index contributed by atoms with van der Waals surface area (Å²) < 4.78 is 41.3. The molecule has 0 atom stereocenters. The molecule has 1 saturated carbocycles. The molecule has 35 heavy (non-hydrogen) atoms. The Kier molecular flexibility index (Phi) is 4.99. The monoisotopic (exact) mass is 488 g/mol. The van der Waals surface area contributed by atoms with Gasteiger partial charge in [0.15, 0.2) is 5.65 Å². The first kappa shape index (κ1) is 21.9. The summed E-state index contributed by atoms with van der Waals surface area (Å²) in [5.41, 5.74) is -0.164. The maximum atomic E-state index is 13.3. The number of rotatable bonds is 5. The number of alkyl halides is 3. The summed E-state index contributed by atoms with van der Waals surface area (Å²) in [5, 5.41) is 20.6. The summed E-state index contributed by atoms with van der Waals surface area (Å²) in [4.78, 5) is 25.1. The fourth-order valence-electron chi connectivity index (χ4n) is 4.75. The van der Waals surface area contributed by atoms with Crippen molar-refractivity contribution in [1.82, 2.24) is 30.0 Å². The van der Waals surface area contributed by atoms with Crippen LogP contribution in [0.3, 0.4) is 0 Å². The molecule has 6 rings (SSSR count). The molecular weight excluding hydrogens is 465 g/mol. The number of carbonyl (C=O) groups is 1. The predicted molar refractivity (Wildman–Crippen MR) is 120 cm³/mol. The zero-order valence-electron chi connectivity index (χ0n) is 18.5. The Morgan fingerprint density at radius 2 is 1.97 bits per heavy atom. The molecule has 2 amide bonds. The number of urea groups is 1. The largest absolute Gasteiger partial charge is 0.416 e. The molecule has 2 aliphatic heterocycles. The Bertz CT molecular complexity index is 1280. The van der Waals surface area contributed by atoms with Gasteiger partial charge in [-0.1, -0.05) is 6.07 Å². The van der Waals surface area contributed by atoms with E-state index in [0.717, 1.165) is 12.1 Å². The van der Waals surface area contributed by atoms with Gasteiger partial charge in [-0.25, -0.2) is 9.48 Å². The van der Waals surface area contributed by atoms with Gasteiger partial charge in [-0.15, -0.1) is 0 Å². The summed E-state index contributed by atoms with van der Waals surface area (Å²) >= 11 is 0. The first-order chi connectivity index (χ1) is 16.8. The smallest absolute Gasteiger partial charge is 0.393 e. The molecule has 2 aromatic heterocycles. The van der Waals surface area contributed by atoms with Crippen molar-refractivity contribution in [2.24, 2.45) is 0 Å². The van der Waals surface area contributed by atoms with Crippen LogP contribution in [0.15, 0.2) is 30.5 Å². The van der Waals surface area contributed by atoms with Gasteiger partial charge in [0.05, 0.1) is 35.0 Å². The highest BCUT2D eigenvalue weighted by Gasteiger charge is 2.39. The SMILES string of the molecule is O=C1NCCN1C1CN(c2nc(NC3CC(O)C3)nc3c2cnn3-c2cccc(C(F)(F)F)c2)C1. The minimum Gasteiger partial charge on any atom is -0.393 e. The number of benzene rings is 1. The van der Waals surface area contributed by atoms with Crippen molar-refractivity contribution in [3.63, 3.8) is 0 Å². The van der Waals surface area contributed by atoms with Crippen LogP contribution in [-0.4, -0.2) is 80.2 Å². The Morgan fingerprint density at radius 1 is 1.17 bits per heavy atom. The Labute approximate surface area is 197 Å². The minimum absolute atomic E-state index is 0.0117. The number of amides is 2. The maximum absolute atomic E-state index is 13.3. The summed E-state index contributed by atoms with van der Waals surface area (Å²) in [5.74, 6) is 0.923. The number of nitrogens with one attached hydrogen (secondary N) is 2. The molecule has 13 heteroatoms. The molecule has 3 fully saturated rings. The quantitative estimate of drug-likeness (QED) is 0.504. The first-order valence-corrected chi connectivity index (χ1v) is 11.4. The van der Waals surface area contributed by atoms with E-state index in [1.165, 1.54) is 10.7 Å².